The fourth-order valence-corrected chi connectivity index (χ4v) is 4.58. The van der Waals surface area contributed by atoms with Gasteiger partial charge in [0, 0.05) is 6.54 Å². The minimum Gasteiger partial charge on any atom is -0.493 e. The standard InChI is InChI=1S/C22H22ClNO5S2/c1-4-24-21(25)19(31-22(24)30)13-14-11-15(23)20(18(12-14)27-3)29-10-9-28-17-8-6-5-7-16(17)26-2/h5-8,11-13H,4,9-10H2,1-3H3. The van der Waals surface area contributed by atoms with E-state index in [1.165, 1.54) is 18.9 Å². The number of benzene rings is 2. The molecule has 0 atom stereocenters. The number of amides is 1. The molecule has 1 saturated heterocycles. The normalized spacial score (nSPS) is 14.8. The lowest BCUT2D eigenvalue weighted by Crippen LogP contribution is -2.27. The van der Waals surface area contributed by atoms with Gasteiger partial charge in [0.2, 0.25) is 0 Å². The summed E-state index contributed by atoms with van der Waals surface area (Å²) >= 11 is 13.0. The zero-order valence-corrected chi connectivity index (χ0v) is 19.7. The van der Waals surface area contributed by atoms with Gasteiger partial charge in [-0.3, -0.25) is 9.69 Å². The molecule has 2 aromatic rings. The zero-order chi connectivity index (χ0) is 22.4. The number of nitrogens with zero attached hydrogens (tertiary/aromatic N) is 1. The zero-order valence-electron chi connectivity index (χ0n) is 17.3. The van der Waals surface area contributed by atoms with Crippen LogP contribution in [0.2, 0.25) is 5.02 Å². The van der Waals surface area contributed by atoms with Crippen molar-refractivity contribution >= 4 is 51.9 Å². The smallest absolute Gasteiger partial charge is 0.266 e. The van der Waals surface area contributed by atoms with Crippen molar-refractivity contribution in [1.29, 1.82) is 0 Å². The lowest BCUT2D eigenvalue weighted by Gasteiger charge is -2.15. The first kappa shape index (κ1) is 23.2. The Balaban J connectivity index is 1.69. The van der Waals surface area contributed by atoms with Crippen LogP contribution in [0.3, 0.4) is 0 Å². The molecule has 6 nitrogen and oxygen atoms in total. The predicted octanol–water partition coefficient (Wildman–Crippen LogP) is 5.04. The topological polar surface area (TPSA) is 57.2 Å². The Labute approximate surface area is 196 Å². The van der Waals surface area contributed by atoms with E-state index in [-0.39, 0.29) is 12.5 Å². The Morgan fingerprint density at radius 1 is 1.06 bits per heavy atom. The molecule has 0 aromatic heterocycles. The number of ether oxygens (including phenoxy) is 4. The second kappa shape index (κ2) is 10.7. The maximum absolute atomic E-state index is 12.4. The molecule has 1 aliphatic rings. The number of hydrogen-bond acceptors (Lipinski definition) is 7. The van der Waals surface area contributed by atoms with Gasteiger partial charge in [-0.2, -0.15) is 0 Å². The van der Waals surface area contributed by atoms with Gasteiger partial charge in [-0.25, -0.2) is 0 Å². The summed E-state index contributed by atoms with van der Waals surface area (Å²) in [5, 5.41) is 0.369. The third-order valence-electron chi connectivity index (χ3n) is 4.40. The van der Waals surface area contributed by atoms with Crippen LogP contribution in [0.5, 0.6) is 23.0 Å². The lowest BCUT2D eigenvalue weighted by atomic mass is 10.1. The number of thioether (sulfide) groups is 1. The van der Waals surface area contributed by atoms with E-state index in [1.807, 2.05) is 31.2 Å². The molecule has 9 heteroatoms. The van der Waals surface area contributed by atoms with Gasteiger partial charge >= 0.3 is 0 Å². The molecule has 0 saturated carbocycles. The van der Waals surface area contributed by atoms with E-state index >= 15 is 0 Å². The summed E-state index contributed by atoms with van der Waals surface area (Å²) in [5.74, 6) is 2.04. The fraction of sp³-hybridized carbons (Fsp3) is 0.273. The molecule has 0 radical (unpaired) electrons. The van der Waals surface area contributed by atoms with Crippen LogP contribution in [0.25, 0.3) is 6.08 Å². The first-order valence-corrected chi connectivity index (χ1v) is 11.1. The average Bonchev–Trinajstić information content (AvgIpc) is 3.04. The van der Waals surface area contributed by atoms with Gasteiger partial charge in [0.25, 0.3) is 5.91 Å². The maximum atomic E-state index is 12.4. The van der Waals surface area contributed by atoms with Crippen LogP contribution in [-0.4, -0.2) is 49.1 Å². The van der Waals surface area contributed by atoms with E-state index in [1.54, 1.807) is 30.2 Å². The van der Waals surface area contributed by atoms with Gasteiger partial charge < -0.3 is 18.9 Å². The molecule has 1 aliphatic heterocycles. The van der Waals surface area contributed by atoms with E-state index in [4.69, 9.17) is 42.8 Å². The lowest BCUT2D eigenvalue weighted by molar-refractivity contribution is -0.121. The highest BCUT2D eigenvalue weighted by Crippen LogP contribution is 2.39. The first-order chi connectivity index (χ1) is 15.0. The first-order valence-electron chi connectivity index (χ1n) is 9.50. The summed E-state index contributed by atoms with van der Waals surface area (Å²) in [6, 6.07) is 10.9. The molecular formula is C22H22ClNO5S2. The van der Waals surface area contributed by atoms with Crippen molar-refractivity contribution in [1.82, 2.24) is 4.90 Å². The van der Waals surface area contributed by atoms with Gasteiger partial charge in [-0.05, 0) is 42.8 Å². The van der Waals surface area contributed by atoms with Crippen LogP contribution < -0.4 is 18.9 Å². The number of halogens is 1. The minimum absolute atomic E-state index is 0.110. The largest absolute Gasteiger partial charge is 0.493 e. The molecule has 1 fully saturated rings. The summed E-state index contributed by atoms with van der Waals surface area (Å²) < 4.78 is 22.8. The molecule has 0 spiro atoms. The highest BCUT2D eigenvalue weighted by atomic mass is 35.5. The predicted molar refractivity (Wildman–Crippen MR) is 128 cm³/mol. The number of carbonyl (C=O) groups is 1. The number of hydrogen-bond donors (Lipinski definition) is 0. The molecule has 0 N–H and O–H groups in total. The van der Waals surface area contributed by atoms with Gasteiger partial charge in [0.05, 0.1) is 24.1 Å². The second-order valence-electron chi connectivity index (χ2n) is 6.31. The fourth-order valence-electron chi connectivity index (χ4n) is 2.92. The second-order valence-corrected chi connectivity index (χ2v) is 8.39. The SMILES string of the molecule is CCN1C(=O)C(=Cc2cc(Cl)c(OCCOc3ccccc3OC)c(OC)c2)SC1=S. The van der Waals surface area contributed by atoms with Gasteiger partial charge in [-0.1, -0.05) is 47.7 Å². The molecule has 0 unspecified atom stereocenters. The highest BCUT2D eigenvalue weighted by molar-refractivity contribution is 8.26. The Kier molecular flexibility index (Phi) is 8.06. The molecule has 164 valence electrons. The summed E-state index contributed by atoms with van der Waals surface area (Å²) in [5.41, 5.74) is 0.719. The maximum Gasteiger partial charge on any atom is 0.266 e. The Hall–Kier alpha value is -2.42. The van der Waals surface area contributed by atoms with Gasteiger partial charge in [0.1, 0.15) is 17.5 Å². The molecular weight excluding hydrogens is 458 g/mol. The van der Waals surface area contributed by atoms with Crippen molar-refractivity contribution in [2.24, 2.45) is 0 Å². The highest BCUT2D eigenvalue weighted by Gasteiger charge is 2.30. The number of methoxy groups -OCH3 is 2. The number of rotatable bonds is 9. The molecule has 2 aromatic carbocycles. The average molecular weight is 480 g/mol. The number of thiocarbonyl (C=S) groups is 1. The Bertz CT molecular complexity index is 1010. The van der Waals surface area contributed by atoms with E-state index in [2.05, 4.69) is 0 Å². The van der Waals surface area contributed by atoms with Crippen LogP contribution in [0, 0.1) is 0 Å². The summed E-state index contributed by atoms with van der Waals surface area (Å²) in [7, 11) is 3.12. The van der Waals surface area contributed by atoms with E-state index < -0.39 is 0 Å². The summed E-state index contributed by atoms with van der Waals surface area (Å²) in [6.07, 6.45) is 1.75. The number of carbonyl (C=O) groups excluding carboxylic acids is 1. The van der Waals surface area contributed by atoms with Gasteiger partial charge in [-0.15, -0.1) is 0 Å². The summed E-state index contributed by atoms with van der Waals surface area (Å²) in [4.78, 5) is 14.5. The minimum atomic E-state index is -0.110. The molecule has 1 heterocycles. The van der Waals surface area contributed by atoms with Crippen molar-refractivity contribution in [3.05, 3.63) is 51.9 Å². The number of likely N-dealkylation sites (N-methyl/N-ethyl adjacent to an activating group) is 1. The van der Waals surface area contributed by atoms with Crippen LogP contribution in [0.15, 0.2) is 41.3 Å². The monoisotopic (exact) mass is 479 g/mol. The quantitative estimate of drug-likeness (QED) is 0.284. The van der Waals surface area contributed by atoms with Crippen molar-refractivity contribution < 1.29 is 23.7 Å². The third kappa shape index (κ3) is 5.44. The Morgan fingerprint density at radius 2 is 1.74 bits per heavy atom. The van der Waals surface area contributed by atoms with Crippen LogP contribution >= 0.6 is 35.6 Å². The molecule has 0 bridgehead atoms. The van der Waals surface area contributed by atoms with Crippen LogP contribution in [0.4, 0.5) is 0 Å². The van der Waals surface area contributed by atoms with Crippen LogP contribution in [0.1, 0.15) is 12.5 Å². The third-order valence-corrected chi connectivity index (χ3v) is 6.05. The Morgan fingerprint density at radius 3 is 2.39 bits per heavy atom. The van der Waals surface area contributed by atoms with Crippen molar-refractivity contribution in [3.63, 3.8) is 0 Å². The van der Waals surface area contributed by atoms with Crippen molar-refractivity contribution in [2.75, 3.05) is 34.0 Å². The van der Waals surface area contributed by atoms with E-state index in [0.717, 1.165) is 5.56 Å². The number of para-hydroxylation sites is 2. The van der Waals surface area contributed by atoms with Crippen LogP contribution in [-0.2, 0) is 4.79 Å². The van der Waals surface area contributed by atoms with Gasteiger partial charge in [0.15, 0.2) is 23.0 Å². The molecule has 3 rings (SSSR count). The van der Waals surface area contributed by atoms with E-state index in [9.17, 15) is 4.79 Å². The summed E-state index contributed by atoms with van der Waals surface area (Å²) in [6.45, 7) is 2.97. The molecule has 31 heavy (non-hydrogen) atoms. The molecule has 1 amide bonds. The molecule has 0 aliphatic carbocycles. The van der Waals surface area contributed by atoms with E-state index in [0.29, 0.717) is 50.4 Å². The van der Waals surface area contributed by atoms with Crippen molar-refractivity contribution in [2.45, 2.75) is 6.92 Å². The van der Waals surface area contributed by atoms with Crippen molar-refractivity contribution in [3.8, 4) is 23.0 Å².